The molecule has 0 saturated heterocycles. The summed E-state index contributed by atoms with van der Waals surface area (Å²) in [4.78, 5) is 14.4. The molecule has 0 aliphatic rings. The lowest BCUT2D eigenvalue weighted by molar-refractivity contribution is 0.0519. The van der Waals surface area contributed by atoms with E-state index in [0.717, 1.165) is 0 Å². The van der Waals surface area contributed by atoms with E-state index in [1.165, 1.54) is 38.1 Å². The molecule has 9 nitrogen and oxygen atoms in total. The van der Waals surface area contributed by atoms with Crippen LogP contribution in [0.3, 0.4) is 0 Å². The van der Waals surface area contributed by atoms with Crippen molar-refractivity contribution in [2.45, 2.75) is 30.6 Å². The highest BCUT2D eigenvalue weighted by Gasteiger charge is 2.27. The highest BCUT2D eigenvalue weighted by molar-refractivity contribution is 7.92. The minimum absolute atomic E-state index is 0.0642. The number of nitrogens with one attached hydrogen (secondary N) is 2. The third-order valence-corrected chi connectivity index (χ3v) is 6.14. The van der Waals surface area contributed by atoms with Gasteiger partial charge >= 0.3 is 5.97 Å². The predicted molar refractivity (Wildman–Crippen MR) is 94.8 cm³/mol. The maximum absolute atomic E-state index is 12.7. The summed E-state index contributed by atoms with van der Waals surface area (Å²) in [5, 5.41) is 5.01. The van der Waals surface area contributed by atoms with Crippen LogP contribution >= 0.6 is 0 Å². The summed E-state index contributed by atoms with van der Waals surface area (Å²) in [6.45, 7) is 4.82. The van der Waals surface area contributed by atoms with Crippen LogP contribution < -0.4 is 9.86 Å². The molecule has 1 heterocycles. The molecule has 0 aliphatic carbocycles. The van der Waals surface area contributed by atoms with E-state index in [-0.39, 0.29) is 39.0 Å². The van der Waals surface area contributed by atoms with Crippen LogP contribution in [0.5, 0.6) is 0 Å². The zero-order valence-electron chi connectivity index (χ0n) is 14.4. The quantitative estimate of drug-likeness (QED) is 0.620. The predicted octanol–water partition coefficient (Wildman–Crippen LogP) is 1.26. The number of aryl methyl sites for hydroxylation is 1. The van der Waals surface area contributed by atoms with Gasteiger partial charge in [-0.2, -0.15) is 0 Å². The number of aromatic nitrogens is 1. The lowest BCUT2D eigenvalue weighted by Crippen LogP contribution is -2.15. The molecule has 0 aliphatic heterocycles. The molecule has 0 radical (unpaired) electrons. The van der Waals surface area contributed by atoms with Crippen LogP contribution in [-0.2, 0) is 24.8 Å². The van der Waals surface area contributed by atoms with E-state index in [1.807, 2.05) is 0 Å². The van der Waals surface area contributed by atoms with Gasteiger partial charge < -0.3 is 9.72 Å². The number of rotatable bonds is 6. The van der Waals surface area contributed by atoms with Gasteiger partial charge in [0.05, 0.1) is 11.5 Å². The van der Waals surface area contributed by atoms with E-state index in [2.05, 4.69) is 9.71 Å². The van der Waals surface area contributed by atoms with Crippen molar-refractivity contribution in [2.75, 3.05) is 11.3 Å². The molecule has 0 bridgehead atoms. The fraction of sp³-hybridized carbons (Fsp3) is 0.267. The fourth-order valence-electron chi connectivity index (χ4n) is 2.46. The Morgan fingerprint density at radius 3 is 2.23 bits per heavy atom. The van der Waals surface area contributed by atoms with Gasteiger partial charge in [-0.3, -0.25) is 4.72 Å². The normalized spacial score (nSPS) is 12.0. The lowest BCUT2D eigenvalue weighted by Gasteiger charge is -2.09. The number of sulfonamides is 2. The third kappa shape index (κ3) is 4.06. The van der Waals surface area contributed by atoms with Crippen LogP contribution in [0.25, 0.3) is 0 Å². The van der Waals surface area contributed by atoms with Crippen LogP contribution in [0.1, 0.15) is 28.7 Å². The van der Waals surface area contributed by atoms with Gasteiger partial charge in [0.15, 0.2) is 0 Å². The summed E-state index contributed by atoms with van der Waals surface area (Å²) in [6.07, 6.45) is 0. The maximum atomic E-state index is 12.7. The Labute approximate surface area is 151 Å². The zero-order chi connectivity index (χ0) is 19.7. The molecule has 0 spiro atoms. The SMILES string of the molecule is CCOC(=O)c1[nH]c(C)c(S(=O)(=O)Nc2ccc(S(N)(=O)=O)cc2)c1C. The van der Waals surface area contributed by atoms with Crippen molar-refractivity contribution in [3.63, 3.8) is 0 Å². The number of primary sulfonamides is 1. The summed E-state index contributed by atoms with van der Waals surface area (Å²) in [7, 11) is -7.89. The van der Waals surface area contributed by atoms with E-state index in [1.54, 1.807) is 6.92 Å². The van der Waals surface area contributed by atoms with Crippen molar-refractivity contribution in [2.24, 2.45) is 5.14 Å². The second kappa shape index (κ2) is 7.09. The van der Waals surface area contributed by atoms with Crippen LogP contribution in [0.15, 0.2) is 34.1 Å². The number of hydrogen-bond acceptors (Lipinski definition) is 6. The summed E-state index contributed by atoms with van der Waals surface area (Å²) in [6, 6.07) is 4.93. The highest BCUT2D eigenvalue weighted by Crippen LogP contribution is 2.26. The standard InChI is InChI=1S/C15H19N3O6S2/c1-4-24-15(19)13-9(2)14(10(3)17-13)26(22,23)18-11-5-7-12(8-6-11)25(16,20)21/h5-8,17-18H,4H2,1-3H3,(H2,16,20,21). The first-order valence-electron chi connectivity index (χ1n) is 7.49. The lowest BCUT2D eigenvalue weighted by atomic mass is 10.2. The smallest absolute Gasteiger partial charge is 0.355 e. The first-order chi connectivity index (χ1) is 12.0. The van der Waals surface area contributed by atoms with Crippen molar-refractivity contribution in [3.05, 3.63) is 41.2 Å². The maximum Gasteiger partial charge on any atom is 0.355 e. The monoisotopic (exact) mass is 401 g/mol. The van der Waals surface area contributed by atoms with Crippen molar-refractivity contribution in [1.29, 1.82) is 0 Å². The Morgan fingerprint density at radius 2 is 1.73 bits per heavy atom. The number of nitrogens with two attached hydrogens (primary N) is 1. The summed E-state index contributed by atoms with van der Waals surface area (Å²) >= 11 is 0. The zero-order valence-corrected chi connectivity index (χ0v) is 16.0. The molecule has 4 N–H and O–H groups in total. The Kier molecular flexibility index (Phi) is 5.44. The molecule has 26 heavy (non-hydrogen) atoms. The minimum Gasteiger partial charge on any atom is -0.461 e. The number of aromatic amines is 1. The number of hydrogen-bond donors (Lipinski definition) is 3. The van der Waals surface area contributed by atoms with E-state index in [9.17, 15) is 21.6 Å². The van der Waals surface area contributed by atoms with E-state index < -0.39 is 26.0 Å². The van der Waals surface area contributed by atoms with E-state index in [4.69, 9.17) is 9.88 Å². The number of carbonyl (C=O) groups is 1. The van der Waals surface area contributed by atoms with Gasteiger partial charge in [0, 0.05) is 16.9 Å². The van der Waals surface area contributed by atoms with Crippen LogP contribution in [0.2, 0.25) is 0 Å². The molecule has 1 aromatic carbocycles. The van der Waals surface area contributed by atoms with Crippen LogP contribution in [-0.4, -0.2) is 34.4 Å². The average molecular weight is 401 g/mol. The molecule has 2 rings (SSSR count). The second-order valence-electron chi connectivity index (χ2n) is 5.47. The first-order valence-corrected chi connectivity index (χ1v) is 10.5. The van der Waals surface area contributed by atoms with E-state index in [0.29, 0.717) is 0 Å². The Balaban J connectivity index is 2.38. The Bertz CT molecular complexity index is 1040. The number of benzene rings is 1. The molecular weight excluding hydrogens is 382 g/mol. The van der Waals surface area contributed by atoms with Gasteiger partial charge in [0.25, 0.3) is 10.0 Å². The molecule has 0 saturated carbocycles. The molecule has 0 amide bonds. The minimum atomic E-state index is -4.02. The molecule has 0 unspecified atom stereocenters. The first kappa shape index (κ1) is 19.9. The van der Waals surface area contributed by atoms with Crippen molar-refractivity contribution >= 4 is 31.7 Å². The molecule has 11 heteroatoms. The number of esters is 1. The fourth-order valence-corrected chi connectivity index (χ4v) is 4.49. The number of anilines is 1. The van der Waals surface area contributed by atoms with Crippen molar-refractivity contribution in [1.82, 2.24) is 4.98 Å². The average Bonchev–Trinajstić information content (AvgIpc) is 2.82. The molecule has 1 aromatic heterocycles. The Hall–Kier alpha value is -2.37. The molecule has 142 valence electrons. The summed E-state index contributed by atoms with van der Waals surface area (Å²) < 4.78 is 55.1. The number of carbonyl (C=O) groups excluding carboxylic acids is 1. The van der Waals surface area contributed by atoms with Gasteiger partial charge in [0.2, 0.25) is 10.0 Å². The van der Waals surface area contributed by atoms with Gasteiger partial charge in [-0.1, -0.05) is 0 Å². The van der Waals surface area contributed by atoms with Gasteiger partial charge in [0.1, 0.15) is 10.6 Å². The van der Waals surface area contributed by atoms with E-state index >= 15 is 0 Å². The third-order valence-electron chi connectivity index (χ3n) is 3.55. The Morgan fingerprint density at radius 1 is 1.15 bits per heavy atom. The summed E-state index contributed by atoms with van der Waals surface area (Å²) in [5.41, 5.74) is 0.721. The number of H-pyrrole nitrogens is 1. The van der Waals surface area contributed by atoms with Crippen molar-refractivity contribution < 1.29 is 26.4 Å². The molecule has 2 aromatic rings. The van der Waals surface area contributed by atoms with Crippen LogP contribution in [0, 0.1) is 13.8 Å². The van der Waals surface area contributed by atoms with Gasteiger partial charge in [-0.05, 0) is 45.0 Å². The second-order valence-corrected chi connectivity index (χ2v) is 8.66. The van der Waals surface area contributed by atoms with Gasteiger partial charge in [-0.25, -0.2) is 26.8 Å². The molecular formula is C15H19N3O6S2. The molecule has 0 atom stereocenters. The topological polar surface area (TPSA) is 148 Å². The molecule has 0 fully saturated rings. The highest BCUT2D eigenvalue weighted by atomic mass is 32.2. The summed E-state index contributed by atoms with van der Waals surface area (Å²) in [5.74, 6) is -0.646. The largest absolute Gasteiger partial charge is 0.461 e. The number of ether oxygens (including phenoxy) is 1. The van der Waals surface area contributed by atoms with Crippen LogP contribution in [0.4, 0.5) is 5.69 Å². The van der Waals surface area contributed by atoms with Gasteiger partial charge in [-0.15, -0.1) is 0 Å². The van der Waals surface area contributed by atoms with Crippen molar-refractivity contribution in [3.8, 4) is 0 Å².